The Morgan fingerprint density at radius 3 is 2.31 bits per heavy atom. The smallest absolute Gasteiger partial charge is 0.251 e. The summed E-state index contributed by atoms with van der Waals surface area (Å²) in [6, 6.07) is 6.61. The number of halogens is 1. The summed E-state index contributed by atoms with van der Waals surface area (Å²) >= 11 is 5.73. The van der Waals surface area contributed by atoms with E-state index in [1.807, 2.05) is 0 Å². The molecular formula is C12H16ClNO2. The second kappa shape index (κ2) is 4.85. The topological polar surface area (TPSA) is 49.3 Å². The number of rotatable bonds is 3. The normalized spacial score (nSPS) is 13.3. The number of amides is 1. The molecule has 16 heavy (non-hydrogen) atoms. The molecule has 0 fully saturated rings. The molecule has 0 radical (unpaired) electrons. The molecule has 88 valence electrons. The molecule has 0 spiro atoms. The van der Waals surface area contributed by atoms with Crippen LogP contribution in [-0.2, 0) is 0 Å². The summed E-state index contributed by atoms with van der Waals surface area (Å²) in [5.41, 5.74) is -0.130. The molecular weight excluding hydrogens is 226 g/mol. The minimum atomic E-state index is -0.656. The summed E-state index contributed by atoms with van der Waals surface area (Å²) in [5.74, 6) is -0.220. The van der Waals surface area contributed by atoms with Crippen molar-refractivity contribution in [1.29, 1.82) is 0 Å². The Morgan fingerprint density at radius 2 is 1.88 bits per heavy atom. The summed E-state index contributed by atoms with van der Waals surface area (Å²) in [6.07, 6.45) is -0.622. The second-order valence-electron chi connectivity index (χ2n) is 4.36. The quantitative estimate of drug-likeness (QED) is 0.853. The van der Waals surface area contributed by atoms with Gasteiger partial charge in [0.1, 0.15) is 0 Å². The lowest BCUT2D eigenvalue weighted by atomic mass is 9.98. The Bertz CT molecular complexity index is 371. The minimum Gasteiger partial charge on any atom is -0.391 e. The average Bonchev–Trinajstić information content (AvgIpc) is 2.17. The minimum absolute atomic E-state index is 0.220. The molecule has 0 saturated carbocycles. The van der Waals surface area contributed by atoms with Crippen LogP contribution in [0.4, 0.5) is 0 Å². The van der Waals surface area contributed by atoms with E-state index in [-0.39, 0.29) is 5.91 Å². The zero-order valence-corrected chi connectivity index (χ0v) is 10.4. The lowest BCUT2D eigenvalue weighted by Gasteiger charge is -2.29. The van der Waals surface area contributed by atoms with Crippen LogP contribution in [0.3, 0.4) is 0 Å². The van der Waals surface area contributed by atoms with Crippen molar-refractivity contribution in [2.75, 3.05) is 0 Å². The maximum absolute atomic E-state index is 11.8. The fourth-order valence-corrected chi connectivity index (χ4v) is 1.20. The Morgan fingerprint density at radius 1 is 1.38 bits per heavy atom. The lowest BCUT2D eigenvalue weighted by Crippen LogP contribution is -2.50. The van der Waals surface area contributed by atoms with Crippen molar-refractivity contribution in [3.05, 3.63) is 34.9 Å². The monoisotopic (exact) mass is 241 g/mol. The molecule has 1 aromatic rings. The number of aliphatic hydroxyl groups is 1. The molecule has 4 heteroatoms. The molecule has 0 aliphatic heterocycles. The van der Waals surface area contributed by atoms with Crippen molar-refractivity contribution in [2.45, 2.75) is 32.4 Å². The first-order valence-corrected chi connectivity index (χ1v) is 5.47. The highest BCUT2D eigenvalue weighted by atomic mass is 35.5. The molecule has 1 aromatic carbocycles. The van der Waals surface area contributed by atoms with E-state index in [9.17, 15) is 9.90 Å². The maximum Gasteiger partial charge on any atom is 0.251 e. The van der Waals surface area contributed by atoms with E-state index in [1.165, 1.54) is 0 Å². The number of benzene rings is 1. The lowest BCUT2D eigenvalue weighted by molar-refractivity contribution is 0.0709. The fourth-order valence-electron chi connectivity index (χ4n) is 1.07. The van der Waals surface area contributed by atoms with E-state index in [2.05, 4.69) is 5.32 Å². The van der Waals surface area contributed by atoms with Crippen LogP contribution in [0.2, 0.25) is 5.02 Å². The Balaban J connectivity index is 2.77. The summed E-state index contributed by atoms with van der Waals surface area (Å²) < 4.78 is 0. The molecule has 3 nitrogen and oxygen atoms in total. The molecule has 1 amide bonds. The van der Waals surface area contributed by atoms with Gasteiger partial charge in [-0.05, 0) is 45.0 Å². The molecule has 0 bridgehead atoms. The van der Waals surface area contributed by atoms with Crippen molar-refractivity contribution in [2.24, 2.45) is 0 Å². The van der Waals surface area contributed by atoms with Gasteiger partial charge in [0.15, 0.2) is 0 Å². The van der Waals surface area contributed by atoms with Gasteiger partial charge in [0.05, 0.1) is 11.6 Å². The van der Waals surface area contributed by atoms with Crippen LogP contribution in [0.1, 0.15) is 31.1 Å². The van der Waals surface area contributed by atoms with Crippen molar-refractivity contribution in [3.63, 3.8) is 0 Å². The summed E-state index contributed by atoms with van der Waals surface area (Å²) in [7, 11) is 0. The number of carbonyl (C=O) groups excluding carboxylic acids is 1. The predicted molar refractivity (Wildman–Crippen MR) is 64.7 cm³/mol. The first-order valence-electron chi connectivity index (χ1n) is 5.09. The van der Waals surface area contributed by atoms with Gasteiger partial charge < -0.3 is 10.4 Å². The van der Waals surface area contributed by atoms with Crippen molar-refractivity contribution >= 4 is 17.5 Å². The van der Waals surface area contributed by atoms with Gasteiger partial charge in [-0.15, -0.1) is 0 Å². The van der Waals surface area contributed by atoms with E-state index in [1.54, 1.807) is 45.0 Å². The highest BCUT2D eigenvalue weighted by molar-refractivity contribution is 6.30. The molecule has 2 N–H and O–H groups in total. The number of hydrogen-bond donors (Lipinski definition) is 2. The number of aliphatic hydroxyl groups excluding tert-OH is 1. The van der Waals surface area contributed by atoms with Gasteiger partial charge in [0.25, 0.3) is 5.91 Å². The van der Waals surface area contributed by atoms with Crippen molar-refractivity contribution < 1.29 is 9.90 Å². The van der Waals surface area contributed by atoms with Gasteiger partial charge in [0.2, 0.25) is 0 Å². The summed E-state index contributed by atoms with van der Waals surface area (Å²) in [6.45, 7) is 5.18. The zero-order chi connectivity index (χ0) is 12.3. The summed E-state index contributed by atoms with van der Waals surface area (Å²) in [5, 5.41) is 12.8. The highest BCUT2D eigenvalue weighted by Crippen LogP contribution is 2.12. The van der Waals surface area contributed by atoms with Crippen LogP contribution < -0.4 is 5.32 Å². The molecule has 0 heterocycles. The molecule has 1 unspecified atom stereocenters. The van der Waals surface area contributed by atoms with E-state index >= 15 is 0 Å². The number of carbonyl (C=O) groups is 1. The number of nitrogens with one attached hydrogen (secondary N) is 1. The van der Waals surface area contributed by atoms with E-state index in [0.29, 0.717) is 10.6 Å². The van der Waals surface area contributed by atoms with E-state index in [0.717, 1.165) is 0 Å². The van der Waals surface area contributed by atoms with Crippen LogP contribution in [-0.4, -0.2) is 22.7 Å². The molecule has 1 rings (SSSR count). The van der Waals surface area contributed by atoms with Crippen LogP contribution in [0.25, 0.3) is 0 Å². The zero-order valence-electron chi connectivity index (χ0n) is 9.62. The Kier molecular flexibility index (Phi) is 3.94. The average molecular weight is 242 g/mol. The SMILES string of the molecule is CC(O)C(C)(C)NC(=O)c1ccc(Cl)cc1. The van der Waals surface area contributed by atoms with Gasteiger partial charge in [-0.1, -0.05) is 11.6 Å². The fraction of sp³-hybridized carbons (Fsp3) is 0.417. The maximum atomic E-state index is 11.8. The number of hydrogen-bond acceptors (Lipinski definition) is 2. The third kappa shape index (κ3) is 3.22. The third-order valence-electron chi connectivity index (χ3n) is 2.59. The van der Waals surface area contributed by atoms with Crippen molar-refractivity contribution in [1.82, 2.24) is 5.32 Å². The molecule has 0 aliphatic carbocycles. The Labute approximate surface area is 100 Å². The highest BCUT2D eigenvalue weighted by Gasteiger charge is 2.26. The van der Waals surface area contributed by atoms with Crippen LogP contribution in [0, 0.1) is 0 Å². The molecule has 0 saturated heterocycles. The van der Waals surface area contributed by atoms with Gasteiger partial charge in [-0.3, -0.25) is 4.79 Å². The first-order chi connectivity index (χ1) is 7.33. The first kappa shape index (κ1) is 13.0. The van der Waals surface area contributed by atoms with Crippen LogP contribution in [0.5, 0.6) is 0 Å². The van der Waals surface area contributed by atoms with Crippen LogP contribution >= 0.6 is 11.6 Å². The molecule has 0 aromatic heterocycles. The summed E-state index contributed by atoms with van der Waals surface area (Å²) in [4.78, 5) is 11.8. The molecule has 1 atom stereocenters. The van der Waals surface area contributed by atoms with E-state index < -0.39 is 11.6 Å². The van der Waals surface area contributed by atoms with Gasteiger partial charge >= 0.3 is 0 Å². The van der Waals surface area contributed by atoms with Gasteiger partial charge in [-0.25, -0.2) is 0 Å². The van der Waals surface area contributed by atoms with Gasteiger partial charge in [0, 0.05) is 10.6 Å². The van der Waals surface area contributed by atoms with Crippen molar-refractivity contribution in [3.8, 4) is 0 Å². The largest absolute Gasteiger partial charge is 0.391 e. The van der Waals surface area contributed by atoms with Gasteiger partial charge in [-0.2, -0.15) is 0 Å². The standard InChI is InChI=1S/C12H16ClNO2/c1-8(15)12(2,3)14-11(16)9-4-6-10(13)7-5-9/h4-8,15H,1-3H3,(H,14,16). The molecule has 0 aliphatic rings. The third-order valence-corrected chi connectivity index (χ3v) is 2.84. The Hall–Kier alpha value is -1.06. The van der Waals surface area contributed by atoms with Crippen LogP contribution in [0.15, 0.2) is 24.3 Å². The second-order valence-corrected chi connectivity index (χ2v) is 4.80. The van der Waals surface area contributed by atoms with E-state index in [4.69, 9.17) is 11.6 Å². The predicted octanol–water partition coefficient (Wildman–Crippen LogP) is 2.23.